The number of benzene rings is 1. The highest BCUT2D eigenvalue weighted by molar-refractivity contribution is 7.92. The van der Waals surface area contributed by atoms with Gasteiger partial charge in [-0.3, -0.25) is 9.10 Å². The topological polar surface area (TPSA) is 83.9 Å². The summed E-state index contributed by atoms with van der Waals surface area (Å²) in [5, 5.41) is 8.78. The Morgan fingerprint density at radius 3 is 2.50 bits per heavy atom. The Balaban J connectivity index is 3.25. The molecule has 0 aliphatic carbocycles. The van der Waals surface area contributed by atoms with E-state index in [4.69, 9.17) is 9.84 Å². The summed E-state index contributed by atoms with van der Waals surface area (Å²) in [5.41, 5.74) is 0.226. The number of rotatable bonds is 6. The maximum absolute atomic E-state index is 11.6. The first-order chi connectivity index (χ1) is 8.36. The third kappa shape index (κ3) is 3.63. The maximum Gasteiger partial charge on any atom is 0.324 e. The summed E-state index contributed by atoms with van der Waals surface area (Å²) in [5.74, 6) is -0.890. The van der Waals surface area contributed by atoms with Crippen LogP contribution in [0.1, 0.15) is 6.92 Å². The van der Waals surface area contributed by atoms with Crippen LogP contribution in [-0.2, 0) is 14.8 Å². The first-order valence-corrected chi connectivity index (χ1v) is 7.12. The minimum atomic E-state index is -3.68. The van der Waals surface area contributed by atoms with Crippen molar-refractivity contribution in [1.82, 2.24) is 0 Å². The van der Waals surface area contributed by atoms with Gasteiger partial charge in [0.25, 0.3) is 0 Å². The summed E-state index contributed by atoms with van der Waals surface area (Å²) in [4.78, 5) is 10.8. The monoisotopic (exact) mass is 273 g/mol. The van der Waals surface area contributed by atoms with Gasteiger partial charge in [-0.05, 0) is 19.1 Å². The van der Waals surface area contributed by atoms with Crippen LogP contribution in [0.25, 0.3) is 0 Å². The fourth-order valence-corrected chi connectivity index (χ4v) is 2.30. The molecule has 0 aromatic heterocycles. The van der Waals surface area contributed by atoms with Gasteiger partial charge in [0.15, 0.2) is 0 Å². The van der Waals surface area contributed by atoms with Gasteiger partial charge in [0.2, 0.25) is 10.0 Å². The van der Waals surface area contributed by atoms with Crippen LogP contribution in [0.5, 0.6) is 5.75 Å². The van der Waals surface area contributed by atoms with Gasteiger partial charge >= 0.3 is 5.97 Å². The van der Waals surface area contributed by atoms with Crippen LogP contribution in [0.4, 0.5) is 5.69 Å². The zero-order chi connectivity index (χ0) is 13.8. The van der Waals surface area contributed by atoms with Gasteiger partial charge in [-0.1, -0.05) is 12.1 Å². The zero-order valence-corrected chi connectivity index (χ0v) is 11.0. The van der Waals surface area contributed by atoms with Crippen LogP contribution >= 0.6 is 0 Å². The number of carboxylic acid groups (broad SMARTS) is 1. The van der Waals surface area contributed by atoms with E-state index < -0.39 is 22.5 Å². The fourth-order valence-electron chi connectivity index (χ4n) is 1.44. The molecule has 0 amide bonds. The lowest BCUT2D eigenvalue weighted by molar-refractivity contribution is -0.135. The first-order valence-electron chi connectivity index (χ1n) is 5.27. The van der Waals surface area contributed by atoms with E-state index in [9.17, 15) is 13.2 Å². The number of aliphatic carboxylic acids is 1. The molecule has 0 radical (unpaired) electrons. The van der Waals surface area contributed by atoms with E-state index in [-0.39, 0.29) is 5.69 Å². The van der Waals surface area contributed by atoms with Crippen molar-refractivity contribution in [3.8, 4) is 5.75 Å². The molecular weight excluding hydrogens is 258 g/mol. The van der Waals surface area contributed by atoms with Gasteiger partial charge in [0.05, 0.1) is 18.6 Å². The quantitative estimate of drug-likeness (QED) is 0.833. The molecule has 100 valence electrons. The second kappa shape index (κ2) is 5.72. The molecule has 1 aromatic carbocycles. The Morgan fingerprint density at radius 2 is 2.00 bits per heavy atom. The van der Waals surface area contributed by atoms with Gasteiger partial charge in [-0.15, -0.1) is 0 Å². The van der Waals surface area contributed by atoms with E-state index in [1.54, 1.807) is 25.1 Å². The number of ether oxygens (including phenoxy) is 1. The van der Waals surface area contributed by atoms with Crippen molar-refractivity contribution in [2.45, 2.75) is 6.92 Å². The van der Waals surface area contributed by atoms with Crippen molar-refractivity contribution in [2.24, 2.45) is 0 Å². The van der Waals surface area contributed by atoms with E-state index in [1.165, 1.54) is 6.07 Å². The van der Waals surface area contributed by atoms with Gasteiger partial charge in [0.1, 0.15) is 12.3 Å². The second-order valence-electron chi connectivity index (χ2n) is 3.56. The van der Waals surface area contributed by atoms with Crippen molar-refractivity contribution in [2.75, 3.05) is 23.7 Å². The van der Waals surface area contributed by atoms with Crippen LogP contribution in [-0.4, -0.2) is 38.9 Å². The zero-order valence-electron chi connectivity index (χ0n) is 10.2. The Labute approximate surface area is 106 Å². The standard InChI is InChI=1S/C11H15NO5S/c1-3-17-10-7-5-4-6-9(10)12(8-11(13)14)18(2,15)16/h4-7H,3,8H2,1-2H3,(H,13,14). The molecule has 0 atom stereocenters. The average molecular weight is 273 g/mol. The summed E-state index contributed by atoms with van der Waals surface area (Å²) in [7, 11) is -3.68. The number of hydrogen-bond acceptors (Lipinski definition) is 4. The third-order valence-electron chi connectivity index (χ3n) is 2.11. The average Bonchev–Trinajstić information content (AvgIpc) is 2.26. The number of sulfonamides is 1. The highest BCUT2D eigenvalue weighted by Gasteiger charge is 2.23. The SMILES string of the molecule is CCOc1ccccc1N(CC(=O)O)S(C)(=O)=O. The molecule has 0 saturated heterocycles. The minimum absolute atomic E-state index is 0.226. The number of hydrogen-bond donors (Lipinski definition) is 1. The molecule has 0 aliphatic rings. The number of para-hydroxylation sites is 2. The van der Waals surface area contributed by atoms with Gasteiger partial charge in [-0.25, -0.2) is 8.42 Å². The molecule has 1 aromatic rings. The predicted molar refractivity (Wildman–Crippen MR) is 67.4 cm³/mol. The number of nitrogens with zero attached hydrogens (tertiary/aromatic N) is 1. The lowest BCUT2D eigenvalue weighted by Gasteiger charge is -2.22. The molecule has 0 spiro atoms. The summed E-state index contributed by atoms with van der Waals surface area (Å²) in [6.45, 7) is 1.49. The molecule has 1 N–H and O–H groups in total. The molecule has 0 fully saturated rings. The molecule has 18 heavy (non-hydrogen) atoms. The Morgan fingerprint density at radius 1 is 1.39 bits per heavy atom. The van der Waals surface area contributed by atoms with Crippen molar-refractivity contribution in [3.63, 3.8) is 0 Å². The third-order valence-corrected chi connectivity index (χ3v) is 3.24. The molecular formula is C11H15NO5S. The highest BCUT2D eigenvalue weighted by Crippen LogP contribution is 2.29. The van der Waals surface area contributed by atoms with Crippen LogP contribution < -0.4 is 9.04 Å². The molecule has 0 heterocycles. The summed E-state index contributed by atoms with van der Waals surface area (Å²) < 4.78 is 29.4. The molecule has 0 aliphatic heterocycles. The largest absolute Gasteiger partial charge is 0.492 e. The normalized spacial score (nSPS) is 11.0. The van der Waals surface area contributed by atoms with Crippen LogP contribution in [0, 0.1) is 0 Å². The summed E-state index contributed by atoms with van der Waals surface area (Å²) >= 11 is 0. The van der Waals surface area contributed by atoms with Crippen molar-refractivity contribution < 1.29 is 23.1 Å². The van der Waals surface area contributed by atoms with Crippen LogP contribution in [0.15, 0.2) is 24.3 Å². The summed E-state index contributed by atoms with van der Waals surface area (Å²) in [6.07, 6.45) is 0.957. The molecule has 0 unspecified atom stereocenters. The predicted octanol–water partition coefficient (Wildman–Crippen LogP) is 0.936. The van der Waals surface area contributed by atoms with Crippen LogP contribution in [0.2, 0.25) is 0 Å². The van der Waals surface area contributed by atoms with Gasteiger partial charge in [-0.2, -0.15) is 0 Å². The Kier molecular flexibility index (Phi) is 4.55. The first kappa shape index (κ1) is 14.3. The second-order valence-corrected chi connectivity index (χ2v) is 5.47. The number of anilines is 1. The van der Waals surface area contributed by atoms with E-state index in [0.29, 0.717) is 12.4 Å². The van der Waals surface area contributed by atoms with E-state index >= 15 is 0 Å². The fraction of sp³-hybridized carbons (Fsp3) is 0.364. The van der Waals surface area contributed by atoms with Crippen molar-refractivity contribution in [1.29, 1.82) is 0 Å². The Hall–Kier alpha value is -1.76. The smallest absolute Gasteiger partial charge is 0.324 e. The minimum Gasteiger partial charge on any atom is -0.492 e. The lowest BCUT2D eigenvalue weighted by Crippen LogP contribution is -2.35. The molecule has 1 rings (SSSR count). The number of carbonyl (C=O) groups is 1. The van der Waals surface area contributed by atoms with E-state index in [2.05, 4.69) is 0 Å². The maximum atomic E-state index is 11.6. The molecule has 7 heteroatoms. The number of carboxylic acids is 1. The lowest BCUT2D eigenvalue weighted by atomic mass is 10.3. The van der Waals surface area contributed by atoms with Gasteiger partial charge in [0, 0.05) is 0 Å². The van der Waals surface area contributed by atoms with Crippen molar-refractivity contribution in [3.05, 3.63) is 24.3 Å². The Bertz CT molecular complexity index is 526. The van der Waals surface area contributed by atoms with E-state index in [0.717, 1.165) is 10.6 Å². The molecule has 0 saturated carbocycles. The van der Waals surface area contributed by atoms with Crippen LogP contribution in [0.3, 0.4) is 0 Å². The van der Waals surface area contributed by atoms with Crippen molar-refractivity contribution >= 4 is 21.7 Å². The molecule has 6 nitrogen and oxygen atoms in total. The molecule has 0 bridgehead atoms. The summed E-state index contributed by atoms with van der Waals surface area (Å²) in [6, 6.07) is 6.42. The van der Waals surface area contributed by atoms with E-state index in [1.807, 2.05) is 0 Å². The highest BCUT2D eigenvalue weighted by atomic mass is 32.2. The van der Waals surface area contributed by atoms with Gasteiger partial charge < -0.3 is 9.84 Å².